The fourth-order valence-electron chi connectivity index (χ4n) is 3.04. The third-order valence-corrected chi connectivity index (χ3v) is 4.10. The van der Waals surface area contributed by atoms with Crippen molar-refractivity contribution in [2.24, 2.45) is 16.6 Å². The van der Waals surface area contributed by atoms with Crippen molar-refractivity contribution in [2.45, 2.75) is 52.1 Å². The summed E-state index contributed by atoms with van der Waals surface area (Å²) in [6.45, 7) is 10.9. The van der Waals surface area contributed by atoms with Crippen molar-refractivity contribution in [3.63, 3.8) is 0 Å². The van der Waals surface area contributed by atoms with Gasteiger partial charge in [0.1, 0.15) is 0 Å². The number of piperazine rings is 1. The average molecular weight is 252 g/mol. The molecule has 0 aromatic heterocycles. The molecule has 4 heteroatoms. The zero-order valence-electron chi connectivity index (χ0n) is 12.1. The van der Waals surface area contributed by atoms with Gasteiger partial charge < -0.3 is 10.6 Å². The molecule has 0 saturated carbocycles. The van der Waals surface area contributed by atoms with E-state index in [-0.39, 0.29) is 0 Å². The molecule has 4 nitrogen and oxygen atoms in total. The summed E-state index contributed by atoms with van der Waals surface area (Å²) in [5.41, 5.74) is 6.17. The molecule has 2 rings (SSSR count). The number of nitrogens with zero attached hydrogens (tertiary/aromatic N) is 3. The lowest BCUT2D eigenvalue weighted by molar-refractivity contribution is 0.0496. The van der Waals surface area contributed by atoms with Crippen LogP contribution in [0.25, 0.3) is 0 Å². The Morgan fingerprint density at radius 2 is 2.11 bits per heavy atom. The van der Waals surface area contributed by atoms with Gasteiger partial charge in [0, 0.05) is 31.7 Å². The average Bonchev–Trinajstić information content (AvgIpc) is 2.35. The second-order valence-corrected chi connectivity index (χ2v) is 6.24. The zero-order chi connectivity index (χ0) is 13.1. The molecule has 2 aliphatic rings. The largest absolute Gasteiger partial charge is 0.370 e. The van der Waals surface area contributed by atoms with Crippen LogP contribution < -0.4 is 5.73 Å². The lowest BCUT2D eigenvalue weighted by atomic mass is 9.97. The molecule has 104 valence electrons. The van der Waals surface area contributed by atoms with Crippen LogP contribution in [0.2, 0.25) is 0 Å². The number of guanidine groups is 1. The summed E-state index contributed by atoms with van der Waals surface area (Å²) >= 11 is 0. The molecule has 18 heavy (non-hydrogen) atoms. The molecule has 2 atom stereocenters. The fraction of sp³-hybridized carbons (Fsp3) is 0.929. The smallest absolute Gasteiger partial charge is 0.191 e. The fourth-order valence-corrected chi connectivity index (χ4v) is 3.04. The summed E-state index contributed by atoms with van der Waals surface area (Å²) in [6.07, 6.45) is 4.05. The number of nitrogens with two attached hydrogens (primary N) is 1. The van der Waals surface area contributed by atoms with Gasteiger partial charge in [0.25, 0.3) is 0 Å². The first kappa shape index (κ1) is 13.7. The van der Waals surface area contributed by atoms with E-state index in [4.69, 9.17) is 5.73 Å². The van der Waals surface area contributed by atoms with Gasteiger partial charge in [-0.05, 0) is 32.2 Å². The quantitative estimate of drug-likeness (QED) is 0.598. The predicted molar refractivity (Wildman–Crippen MR) is 76.7 cm³/mol. The Hall–Kier alpha value is -0.770. The molecule has 2 unspecified atom stereocenters. The first-order valence-corrected chi connectivity index (χ1v) is 7.38. The SMILES string of the molecule is CC(C)CN=C(N)N1CC2CCCCN2CC1C. The molecule has 2 N–H and O–H groups in total. The minimum atomic E-state index is 0.496. The summed E-state index contributed by atoms with van der Waals surface area (Å²) in [7, 11) is 0. The van der Waals surface area contributed by atoms with E-state index in [9.17, 15) is 0 Å². The van der Waals surface area contributed by atoms with Crippen LogP contribution in [0.1, 0.15) is 40.0 Å². The van der Waals surface area contributed by atoms with Crippen LogP contribution in [0.4, 0.5) is 0 Å². The predicted octanol–water partition coefficient (Wildman–Crippen LogP) is 1.52. The van der Waals surface area contributed by atoms with Crippen LogP contribution in [0.15, 0.2) is 4.99 Å². The van der Waals surface area contributed by atoms with Gasteiger partial charge >= 0.3 is 0 Å². The number of aliphatic imine (C=N–C) groups is 1. The highest BCUT2D eigenvalue weighted by atomic mass is 15.4. The molecule has 2 heterocycles. The molecule has 0 radical (unpaired) electrons. The minimum absolute atomic E-state index is 0.496. The third kappa shape index (κ3) is 3.16. The summed E-state index contributed by atoms with van der Waals surface area (Å²) in [6, 6.07) is 1.19. The van der Waals surface area contributed by atoms with E-state index in [0.717, 1.165) is 25.6 Å². The van der Waals surface area contributed by atoms with E-state index < -0.39 is 0 Å². The topological polar surface area (TPSA) is 44.9 Å². The number of fused-ring (bicyclic) bond motifs is 1. The first-order valence-electron chi connectivity index (χ1n) is 7.38. The highest BCUT2D eigenvalue weighted by Gasteiger charge is 2.33. The van der Waals surface area contributed by atoms with E-state index in [0.29, 0.717) is 18.0 Å². The molecule has 0 spiro atoms. The van der Waals surface area contributed by atoms with Crippen LogP contribution in [0, 0.1) is 5.92 Å². The Labute approximate surface area is 111 Å². The minimum Gasteiger partial charge on any atom is -0.370 e. The second-order valence-electron chi connectivity index (χ2n) is 6.24. The molecule has 0 amide bonds. The van der Waals surface area contributed by atoms with Gasteiger partial charge in [-0.2, -0.15) is 0 Å². The van der Waals surface area contributed by atoms with Crippen LogP contribution in [-0.4, -0.2) is 54.0 Å². The molecule has 2 aliphatic heterocycles. The number of piperidine rings is 1. The molecule has 0 bridgehead atoms. The van der Waals surface area contributed by atoms with Crippen molar-refractivity contribution in [1.29, 1.82) is 0 Å². The van der Waals surface area contributed by atoms with Gasteiger partial charge in [-0.1, -0.05) is 20.3 Å². The Morgan fingerprint density at radius 3 is 2.83 bits per heavy atom. The van der Waals surface area contributed by atoms with Gasteiger partial charge in [0.15, 0.2) is 5.96 Å². The van der Waals surface area contributed by atoms with Crippen molar-refractivity contribution >= 4 is 5.96 Å². The first-order chi connectivity index (χ1) is 8.58. The molecular weight excluding hydrogens is 224 g/mol. The monoisotopic (exact) mass is 252 g/mol. The maximum Gasteiger partial charge on any atom is 0.191 e. The van der Waals surface area contributed by atoms with Gasteiger partial charge in [-0.3, -0.25) is 9.89 Å². The van der Waals surface area contributed by atoms with Gasteiger partial charge in [-0.15, -0.1) is 0 Å². The normalized spacial score (nSPS) is 30.7. The van der Waals surface area contributed by atoms with E-state index >= 15 is 0 Å². The number of hydrogen-bond acceptors (Lipinski definition) is 2. The van der Waals surface area contributed by atoms with E-state index in [1.165, 1.54) is 25.8 Å². The molecule has 0 aromatic carbocycles. The molecule has 0 aliphatic carbocycles. The Kier molecular flexibility index (Phi) is 4.49. The van der Waals surface area contributed by atoms with Crippen molar-refractivity contribution < 1.29 is 0 Å². The maximum absolute atomic E-state index is 6.17. The molecule has 0 aromatic rings. The Morgan fingerprint density at radius 1 is 1.33 bits per heavy atom. The molecule has 2 saturated heterocycles. The Bertz CT molecular complexity index is 300. The lowest BCUT2D eigenvalue weighted by Crippen LogP contribution is -2.61. The van der Waals surface area contributed by atoms with Crippen molar-refractivity contribution in [3.8, 4) is 0 Å². The second kappa shape index (κ2) is 5.91. The van der Waals surface area contributed by atoms with Crippen molar-refractivity contribution in [2.75, 3.05) is 26.2 Å². The van der Waals surface area contributed by atoms with Gasteiger partial charge in [-0.25, -0.2) is 0 Å². The van der Waals surface area contributed by atoms with E-state index in [2.05, 4.69) is 35.6 Å². The summed E-state index contributed by atoms with van der Waals surface area (Å²) in [4.78, 5) is 9.49. The number of rotatable bonds is 2. The molecular formula is C14H28N4. The summed E-state index contributed by atoms with van der Waals surface area (Å²) in [5.74, 6) is 1.33. The summed E-state index contributed by atoms with van der Waals surface area (Å²) in [5, 5.41) is 0. The van der Waals surface area contributed by atoms with Crippen LogP contribution in [0.5, 0.6) is 0 Å². The Balaban J connectivity index is 1.98. The number of hydrogen-bond donors (Lipinski definition) is 1. The van der Waals surface area contributed by atoms with E-state index in [1.807, 2.05) is 0 Å². The van der Waals surface area contributed by atoms with E-state index in [1.54, 1.807) is 0 Å². The maximum atomic E-state index is 6.17. The summed E-state index contributed by atoms with van der Waals surface area (Å²) < 4.78 is 0. The van der Waals surface area contributed by atoms with Gasteiger partial charge in [0.2, 0.25) is 0 Å². The molecule has 2 fully saturated rings. The standard InChI is InChI=1S/C14H28N4/c1-11(2)8-16-14(15)18-10-13-6-4-5-7-17(13)9-12(18)3/h11-13H,4-10H2,1-3H3,(H2,15,16). The highest BCUT2D eigenvalue weighted by molar-refractivity contribution is 5.78. The van der Waals surface area contributed by atoms with Crippen molar-refractivity contribution in [1.82, 2.24) is 9.80 Å². The third-order valence-electron chi connectivity index (χ3n) is 4.10. The highest BCUT2D eigenvalue weighted by Crippen LogP contribution is 2.23. The van der Waals surface area contributed by atoms with Crippen LogP contribution in [-0.2, 0) is 0 Å². The van der Waals surface area contributed by atoms with Crippen LogP contribution >= 0.6 is 0 Å². The lowest BCUT2D eigenvalue weighted by Gasteiger charge is -2.47. The zero-order valence-corrected chi connectivity index (χ0v) is 12.1. The van der Waals surface area contributed by atoms with Crippen molar-refractivity contribution in [3.05, 3.63) is 0 Å². The van der Waals surface area contributed by atoms with Gasteiger partial charge in [0.05, 0.1) is 0 Å². The van der Waals surface area contributed by atoms with Crippen LogP contribution in [0.3, 0.4) is 0 Å².